The van der Waals surface area contributed by atoms with Crippen molar-refractivity contribution >= 4 is 5.97 Å². The van der Waals surface area contributed by atoms with Crippen molar-refractivity contribution in [2.45, 2.75) is 64.1 Å². The topological polar surface area (TPSA) is 41.6 Å². The third kappa shape index (κ3) is 3.23. The lowest BCUT2D eigenvalue weighted by atomic mass is 10.0. The number of hydrogen-bond donors (Lipinski definition) is 1. The van der Waals surface area contributed by atoms with Crippen LogP contribution in [0.3, 0.4) is 0 Å². The van der Waals surface area contributed by atoms with Crippen molar-refractivity contribution in [2.75, 3.05) is 19.7 Å². The van der Waals surface area contributed by atoms with Gasteiger partial charge in [-0.2, -0.15) is 0 Å². The molecule has 3 atom stereocenters. The van der Waals surface area contributed by atoms with Crippen LogP contribution >= 0.6 is 0 Å². The largest absolute Gasteiger partial charge is 0.465 e. The second-order valence-electron chi connectivity index (χ2n) is 5.48. The Bertz CT molecular complexity index is 283. The molecule has 104 valence electrons. The summed E-state index contributed by atoms with van der Waals surface area (Å²) in [6.07, 6.45) is 5.66. The maximum Gasteiger partial charge on any atom is 0.323 e. The van der Waals surface area contributed by atoms with Crippen molar-refractivity contribution < 1.29 is 9.53 Å². The van der Waals surface area contributed by atoms with Crippen LogP contribution in [0.5, 0.6) is 0 Å². The van der Waals surface area contributed by atoms with E-state index in [0.717, 1.165) is 32.4 Å². The van der Waals surface area contributed by atoms with E-state index in [1.54, 1.807) is 0 Å². The maximum absolute atomic E-state index is 12.1. The van der Waals surface area contributed by atoms with Crippen LogP contribution in [0.4, 0.5) is 0 Å². The Morgan fingerprint density at radius 3 is 2.83 bits per heavy atom. The smallest absolute Gasteiger partial charge is 0.323 e. The molecule has 1 N–H and O–H groups in total. The van der Waals surface area contributed by atoms with Gasteiger partial charge in [-0.1, -0.05) is 13.3 Å². The van der Waals surface area contributed by atoms with Crippen LogP contribution < -0.4 is 5.32 Å². The maximum atomic E-state index is 12.1. The molecule has 0 spiro atoms. The van der Waals surface area contributed by atoms with Gasteiger partial charge >= 0.3 is 5.97 Å². The fraction of sp³-hybridized carbons (Fsp3) is 0.929. The van der Waals surface area contributed by atoms with Crippen molar-refractivity contribution in [2.24, 2.45) is 0 Å². The number of ether oxygens (including phenoxy) is 1. The van der Waals surface area contributed by atoms with Gasteiger partial charge in [0.05, 0.1) is 6.61 Å². The molecule has 2 bridgehead atoms. The molecule has 2 aliphatic rings. The summed E-state index contributed by atoms with van der Waals surface area (Å²) in [4.78, 5) is 14.4. The van der Waals surface area contributed by atoms with E-state index in [9.17, 15) is 4.79 Å². The third-order valence-electron chi connectivity index (χ3n) is 4.12. The lowest BCUT2D eigenvalue weighted by Gasteiger charge is -2.31. The summed E-state index contributed by atoms with van der Waals surface area (Å²) in [6, 6.07) is 1.21. The Morgan fingerprint density at radius 2 is 2.11 bits per heavy atom. The number of rotatable bonds is 5. The first-order chi connectivity index (χ1) is 8.74. The Kier molecular flexibility index (Phi) is 5.01. The summed E-state index contributed by atoms with van der Waals surface area (Å²) < 4.78 is 5.23. The third-order valence-corrected chi connectivity index (χ3v) is 4.12. The van der Waals surface area contributed by atoms with Gasteiger partial charge in [0.25, 0.3) is 0 Å². The van der Waals surface area contributed by atoms with Gasteiger partial charge in [0.2, 0.25) is 0 Å². The predicted molar refractivity (Wildman–Crippen MR) is 71.5 cm³/mol. The number of fused-ring (bicyclic) bond motifs is 2. The number of nitrogens with zero attached hydrogens (tertiary/aromatic N) is 1. The van der Waals surface area contributed by atoms with E-state index in [1.165, 1.54) is 12.8 Å². The van der Waals surface area contributed by atoms with Gasteiger partial charge in [-0.05, 0) is 32.6 Å². The molecule has 0 aliphatic carbocycles. The minimum atomic E-state index is -0.0314. The van der Waals surface area contributed by atoms with E-state index in [0.29, 0.717) is 18.7 Å². The van der Waals surface area contributed by atoms with Crippen LogP contribution in [-0.2, 0) is 9.53 Å². The van der Waals surface area contributed by atoms with Crippen LogP contribution in [0.1, 0.15) is 46.0 Å². The van der Waals surface area contributed by atoms with Gasteiger partial charge in [-0.25, -0.2) is 0 Å². The monoisotopic (exact) mass is 254 g/mol. The molecule has 0 aromatic carbocycles. The van der Waals surface area contributed by atoms with Gasteiger partial charge in [-0.3, -0.25) is 9.69 Å². The lowest BCUT2D eigenvalue weighted by molar-refractivity contribution is -0.150. The Balaban J connectivity index is 1.98. The zero-order valence-electron chi connectivity index (χ0n) is 11.7. The van der Waals surface area contributed by atoms with Crippen LogP contribution in [-0.4, -0.2) is 48.7 Å². The van der Waals surface area contributed by atoms with Gasteiger partial charge in [0.15, 0.2) is 0 Å². The van der Waals surface area contributed by atoms with E-state index < -0.39 is 0 Å². The van der Waals surface area contributed by atoms with E-state index in [1.807, 2.05) is 6.92 Å². The van der Waals surface area contributed by atoms with Gasteiger partial charge in [0.1, 0.15) is 6.04 Å². The van der Waals surface area contributed by atoms with Crippen molar-refractivity contribution in [3.63, 3.8) is 0 Å². The molecule has 0 aromatic rings. The fourth-order valence-corrected chi connectivity index (χ4v) is 3.21. The highest BCUT2D eigenvalue weighted by Gasteiger charge is 2.34. The predicted octanol–water partition coefficient (Wildman–Crippen LogP) is 1.54. The van der Waals surface area contributed by atoms with E-state index >= 15 is 0 Å². The summed E-state index contributed by atoms with van der Waals surface area (Å²) >= 11 is 0. The quantitative estimate of drug-likeness (QED) is 0.756. The molecule has 2 aliphatic heterocycles. The van der Waals surface area contributed by atoms with Gasteiger partial charge < -0.3 is 10.1 Å². The summed E-state index contributed by atoms with van der Waals surface area (Å²) in [6.45, 7) is 6.52. The van der Waals surface area contributed by atoms with E-state index in [4.69, 9.17) is 4.74 Å². The summed E-state index contributed by atoms with van der Waals surface area (Å²) in [5.74, 6) is -0.0304. The van der Waals surface area contributed by atoms with Crippen LogP contribution in [0.2, 0.25) is 0 Å². The Labute approximate surface area is 110 Å². The highest BCUT2D eigenvalue weighted by Crippen LogP contribution is 2.23. The van der Waals surface area contributed by atoms with Gasteiger partial charge in [0, 0.05) is 25.2 Å². The molecule has 0 saturated carbocycles. The summed E-state index contributed by atoms with van der Waals surface area (Å²) in [5.41, 5.74) is 0. The second kappa shape index (κ2) is 6.53. The molecular formula is C14H26N2O2. The second-order valence-corrected chi connectivity index (χ2v) is 5.48. The van der Waals surface area contributed by atoms with E-state index in [-0.39, 0.29) is 12.0 Å². The standard InChI is InChI=1S/C14H26N2O2/c1-3-5-13(14(17)18-4-2)16-9-8-11-6-7-12(10-16)15-11/h11-13,15H,3-10H2,1-2H3. The number of hydrogen-bond acceptors (Lipinski definition) is 4. The Hall–Kier alpha value is -0.610. The highest BCUT2D eigenvalue weighted by molar-refractivity contribution is 5.75. The van der Waals surface area contributed by atoms with Gasteiger partial charge in [-0.15, -0.1) is 0 Å². The number of likely N-dealkylation sites (tertiary alicyclic amines) is 1. The zero-order chi connectivity index (χ0) is 13.0. The Morgan fingerprint density at radius 1 is 1.33 bits per heavy atom. The molecule has 2 rings (SSSR count). The van der Waals surface area contributed by atoms with Crippen LogP contribution in [0.25, 0.3) is 0 Å². The molecule has 2 saturated heterocycles. The highest BCUT2D eigenvalue weighted by atomic mass is 16.5. The first kappa shape index (κ1) is 13.8. The molecule has 4 nitrogen and oxygen atoms in total. The first-order valence-corrected chi connectivity index (χ1v) is 7.41. The lowest BCUT2D eigenvalue weighted by Crippen LogP contribution is -2.46. The van der Waals surface area contributed by atoms with Crippen LogP contribution in [0, 0.1) is 0 Å². The molecule has 0 radical (unpaired) electrons. The zero-order valence-corrected chi connectivity index (χ0v) is 11.7. The molecule has 2 fully saturated rings. The average Bonchev–Trinajstić information content (AvgIpc) is 2.67. The minimum absolute atomic E-state index is 0.0304. The average molecular weight is 254 g/mol. The molecular weight excluding hydrogens is 228 g/mol. The SMILES string of the molecule is CCCC(C(=O)OCC)N1CCC2CCC(C1)N2. The molecule has 18 heavy (non-hydrogen) atoms. The van der Waals surface area contributed by atoms with Crippen molar-refractivity contribution in [3.8, 4) is 0 Å². The van der Waals surface area contributed by atoms with Crippen molar-refractivity contribution in [1.82, 2.24) is 10.2 Å². The molecule has 4 heteroatoms. The minimum Gasteiger partial charge on any atom is -0.465 e. The molecule has 0 aromatic heterocycles. The number of carbonyl (C=O) groups excluding carboxylic acids is 1. The summed E-state index contributed by atoms with van der Waals surface area (Å²) in [7, 11) is 0. The fourth-order valence-electron chi connectivity index (χ4n) is 3.21. The number of carbonyl (C=O) groups is 1. The van der Waals surface area contributed by atoms with Crippen LogP contribution in [0.15, 0.2) is 0 Å². The number of nitrogens with one attached hydrogen (secondary N) is 1. The molecule has 0 amide bonds. The first-order valence-electron chi connectivity index (χ1n) is 7.41. The van der Waals surface area contributed by atoms with Crippen molar-refractivity contribution in [3.05, 3.63) is 0 Å². The normalized spacial score (nSPS) is 29.9. The molecule has 2 heterocycles. The summed E-state index contributed by atoms with van der Waals surface area (Å²) in [5, 5.41) is 3.66. The van der Waals surface area contributed by atoms with E-state index in [2.05, 4.69) is 17.1 Å². The number of esters is 1. The molecule has 3 unspecified atom stereocenters. The van der Waals surface area contributed by atoms with Crippen molar-refractivity contribution in [1.29, 1.82) is 0 Å².